The largest absolute Gasteiger partial charge is 0.381 e. The van der Waals surface area contributed by atoms with Gasteiger partial charge in [-0.3, -0.25) is 4.79 Å². The third kappa shape index (κ3) is 4.71. The van der Waals surface area contributed by atoms with Crippen LogP contribution in [0.5, 0.6) is 0 Å². The number of carbonyl (C=O) groups is 1. The van der Waals surface area contributed by atoms with Crippen LogP contribution in [0.25, 0.3) is 10.9 Å². The van der Waals surface area contributed by atoms with Gasteiger partial charge in [0, 0.05) is 42.8 Å². The van der Waals surface area contributed by atoms with E-state index in [1.807, 2.05) is 6.07 Å². The molecule has 1 saturated heterocycles. The number of fused-ring (bicyclic) bond motifs is 1. The molecule has 2 aromatic rings. The second kappa shape index (κ2) is 8.89. The standard InChI is InChI=1S/C22H31N3O2/c26-22(24-19-7-1-2-8-19)15-25-14-18(20-9-3-4-10-21(20)25)13-23-12-17-6-5-11-27-16-17/h3-4,9-10,14,17,19,23H,1-2,5-8,11-13,15-16H2,(H,24,26). The zero-order valence-corrected chi connectivity index (χ0v) is 16.1. The molecule has 2 heterocycles. The van der Waals surface area contributed by atoms with E-state index in [9.17, 15) is 4.79 Å². The Balaban J connectivity index is 1.39. The van der Waals surface area contributed by atoms with Crippen LogP contribution in [0.3, 0.4) is 0 Å². The molecule has 2 aliphatic rings. The molecule has 1 aliphatic carbocycles. The van der Waals surface area contributed by atoms with E-state index in [-0.39, 0.29) is 5.91 Å². The van der Waals surface area contributed by atoms with Crippen LogP contribution in [0, 0.1) is 5.92 Å². The zero-order chi connectivity index (χ0) is 18.5. The number of hydrogen-bond acceptors (Lipinski definition) is 3. The van der Waals surface area contributed by atoms with Gasteiger partial charge in [0.25, 0.3) is 0 Å². The van der Waals surface area contributed by atoms with Gasteiger partial charge in [-0.25, -0.2) is 0 Å². The first kappa shape index (κ1) is 18.5. The summed E-state index contributed by atoms with van der Waals surface area (Å²) in [5.74, 6) is 0.741. The Morgan fingerprint density at radius 3 is 2.81 bits per heavy atom. The van der Waals surface area contributed by atoms with Gasteiger partial charge in [-0.2, -0.15) is 0 Å². The molecule has 5 nitrogen and oxygen atoms in total. The molecular weight excluding hydrogens is 338 g/mol. The summed E-state index contributed by atoms with van der Waals surface area (Å²) in [6.45, 7) is 3.99. The third-order valence-electron chi connectivity index (χ3n) is 5.91. The van der Waals surface area contributed by atoms with Crippen LogP contribution in [-0.2, 0) is 22.6 Å². The molecule has 146 valence electrons. The minimum Gasteiger partial charge on any atom is -0.381 e. The highest BCUT2D eigenvalue weighted by Crippen LogP contribution is 2.22. The predicted molar refractivity (Wildman–Crippen MR) is 108 cm³/mol. The maximum Gasteiger partial charge on any atom is 0.240 e. The maximum atomic E-state index is 12.5. The molecule has 1 aliphatic heterocycles. The van der Waals surface area contributed by atoms with Crippen molar-refractivity contribution in [2.24, 2.45) is 5.92 Å². The fourth-order valence-electron chi connectivity index (χ4n) is 4.47. The lowest BCUT2D eigenvalue weighted by Crippen LogP contribution is -2.35. The number of amides is 1. The molecule has 1 atom stereocenters. The summed E-state index contributed by atoms with van der Waals surface area (Å²) in [5.41, 5.74) is 2.40. The Hall–Kier alpha value is -1.85. The van der Waals surface area contributed by atoms with E-state index in [1.165, 1.54) is 36.6 Å². The Morgan fingerprint density at radius 1 is 1.15 bits per heavy atom. The van der Waals surface area contributed by atoms with Gasteiger partial charge in [0.15, 0.2) is 0 Å². The molecule has 27 heavy (non-hydrogen) atoms. The fraction of sp³-hybridized carbons (Fsp3) is 0.591. The highest BCUT2D eigenvalue weighted by atomic mass is 16.5. The number of hydrogen-bond donors (Lipinski definition) is 2. The van der Waals surface area contributed by atoms with Crippen LogP contribution in [0.1, 0.15) is 44.1 Å². The lowest BCUT2D eigenvalue weighted by molar-refractivity contribution is -0.122. The second-order valence-corrected chi connectivity index (χ2v) is 8.06. The first-order valence-corrected chi connectivity index (χ1v) is 10.4. The highest BCUT2D eigenvalue weighted by molar-refractivity contribution is 5.86. The van der Waals surface area contributed by atoms with Crippen LogP contribution < -0.4 is 10.6 Å². The number of carbonyl (C=O) groups excluding carboxylic acids is 1. The van der Waals surface area contributed by atoms with Crippen LogP contribution in [-0.4, -0.2) is 36.3 Å². The number of aromatic nitrogens is 1. The van der Waals surface area contributed by atoms with E-state index in [2.05, 4.69) is 39.6 Å². The van der Waals surface area contributed by atoms with Crippen molar-refractivity contribution < 1.29 is 9.53 Å². The highest BCUT2D eigenvalue weighted by Gasteiger charge is 2.18. The molecule has 4 rings (SSSR count). The molecule has 2 fully saturated rings. The van der Waals surface area contributed by atoms with Crippen LogP contribution in [0.4, 0.5) is 0 Å². The molecule has 1 aromatic carbocycles. The maximum absolute atomic E-state index is 12.5. The molecule has 5 heteroatoms. The summed E-state index contributed by atoms with van der Waals surface area (Å²) in [6, 6.07) is 8.75. The van der Waals surface area contributed by atoms with Crippen molar-refractivity contribution in [3.63, 3.8) is 0 Å². The van der Waals surface area contributed by atoms with Crippen molar-refractivity contribution >= 4 is 16.8 Å². The molecule has 1 saturated carbocycles. The molecule has 2 N–H and O–H groups in total. The number of benzene rings is 1. The van der Waals surface area contributed by atoms with Crippen LogP contribution in [0.2, 0.25) is 0 Å². The van der Waals surface area contributed by atoms with E-state index in [1.54, 1.807) is 0 Å². The van der Waals surface area contributed by atoms with Gasteiger partial charge < -0.3 is 19.9 Å². The van der Waals surface area contributed by atoms with Gasteiger partial charge in [-0.1, -0.05) is 31.0 Å². The van der Waals surface area contributed by atoms with Crippen molar-refractivity contribution in [2.75, 3.05) is 19.8 Å². The van der Waals surface area contributed by atoms with E-state index in [0.717, 1.165) is 44.7 Å². The number of para-hydroxylation sites is 1. The normalized spacial score (nSPS) is 21.0. The monoisotopic (exact) mass is 369 g/mol. The average Bonchev–Trinajstić information content (AvgIpc) is 3.31. The van der Waals surface area contributed by atoms with Gasteiger partial charge >= 0.3 is 0 Å². The fourth-order valence-corrected chi connectivity index (χ4v) is 4.47. The zero-order valence-electron chi connectivity index (χ0n) is 16.1. The first-order valence-electron chi connectivity index (χ1n) is 10.4. The van der Waals surface area contributed by atoms with Gasteiger partial charge in [0.05, 0.1) is 6.61 Å². The van der Waals surface area contributed by atoms with E-state index in [0.29, 0.717) is 18.5 Å². The molecule has 0 radical (unpaired) electrons. The average molecular weight is 370 g/mol. The molecular formula is C22H31N3O2. The van der Waals surface area contributed by atoms with Crippen molar-refractivity contribution in [1.29, 1.82) is 0 Å². The van der Waals surface area contributed by atoms with E-state index >= 15 is 0 Å². The Labute approximate surface area is 161 Å². The van der Waals surface area contributed by atoms with Crippen molar-refractivity contribution in [1.82, 2.24) is 15.2 Å². The smallest absolute Gasteiger partial charge is 0.240 e. The molecule has 0 bridgehead atoms. The van der Waals surface area contributed by atoms with Crippen LogP contribution >= 0.6 is 0 Å². The SMILES string of the molecule is O=C(Cn1cc(CNCC2CCCOC2)c2ccccc21)NC1CCCC1. The number of rotatable bonds is 7. The summed E-state index contributed by atoms with van der Waals surface area (Å²) in [4.78, 5) is 12.5. The summed E-state index contributed by atoms with van der Waals surface area (Å²) in [5, 5.41) is 8.03. The van der Waals surface area contributed by atoms with Gasteiger partial charge in [0.1, 0.15) is 6.54 Å². The third-order valence-corrected chi connectivity index (χ3v) is 5.91. The minimum absolute atomic E-state index is 0.126. The van der Waals surface area contributed by atoms with Crippen molar-refractivity contribution in [3.05, 3.63) is 36.0 Å². The van der Waals surface area contributed by atoms with E-state index < -0.39 is 0 Å². The Kier molecular flexibility index (Phi) is 6.10. The van der Waals surface area contributed by atoms with Crippen LogP contribution in [0.15, 0.2) is 30.5 Å². The lowest BCUT2D eigenvalue weighted by atomic mass is 10.0. The van der Waals surface area contributed by atoms with E-state index in [4.69, 9.17) is 4.74 Å². The quantitative estimate of drug-likeness (QED) is 0.788. The summed E-state index contributed by atoms with van der Waals surface area (Å²) in [7, 11) is 0. The Bertz CT molecular complexity index is 758. The number of nitrogens with zero attached hydrogens (tertiary/aromatic N) is 1. The molecule has 1 aromatic heterocycles. The van der Waals surface area contributed by atoms with Crippen molar-refractivity contribution in [2.45, 2.75) is 57.7 Å². The molecule has 1 unspecified atom stereocenters. The van der Waals surface area contributed by atoms with Gasteiger partial charge in [-0.15, -0.1) is 0 Å². The molecule has 1 amide bonds. The predicted octanol–water partition coefficient (Wildman–Crippen LogP) is 3.22. The van der Waals surface area contributed by atoms with Gasteiger partial charge in [0.2, 0.25) is 5.91 Å². The minimum atomic E-state index is 0.126. The summed E-state index contributed by atoms with van der Waals surface area (Å²) < 4.78 is 7.67. The van der Waals surface area contributed by atoms with Crippen molar-refractivity contribution in [3.8, 4) is 0 Å². The first-order chi connectivity index (χ1) is 13.3. The number of ether oxygens (including phenoxy) is 1. The topological polar surface area (TPSA) is 55.3 Å². The lowest BCUT2D eigenvalue weighted by Gasteiger charge is -2.22. The number of nitrogens with one attached hydrogen (secondary N) is 2. The van der Waals surface area contributed by atoms with Gasteiger partial charge in [-0.05, 0) is 43.2 Å². The molecule has 0 spiro atoms. The second-order valence-electron chi connectivity index (χ2n) is 8.06. The summed E-state index contributed by atoms with van der Waals surface area (Å²) >= 11 is 0. The summed E-state index contributed by atoms with van der Waals surface area (Å²) in [6.07, 6.45) is 9.27. The Morgan fingerprint density at radius 2 is 2.00 bits per heavy atom.